The van der Waals surface area contributed by atoms with E-state index in [1.165, 1.54) is 12.8 Å². The SMILES string of the molecule is CCn1nc(C)c(Br)c1CN1CCC[C@H](C(=O)OC)C1. The molecule has 2 heterocycles. The second-order valence-electron chi connectivity index (χ2n) is 5.26. The normalized spacial score (nSPS) is 20.1. The highest BCUT2D eigenvalue weighted by molar-refractivity contribution is 9.10. The zero-order chi connectivity index (χ0) is 14.7. The van der Waals surface area contributed by atoms with Crippen molar-refractivity contribution >= 4 is 21.9 Å². The summed E-state index contributed by atoms with van der Waals surface area (Å²) in [6, 6.07) is 0. The number of carbonyl (C=O) groups is 1. The van der Waals surface area contributed by atoms with Crippen molar-refractivity contribution in [2.24, 2.45) is 5.92 Å². The second kappa shape index (κ2) is 6.72. The van der Waals surface area contributed by atoms with Gasteiger partial charge in [0, 0.05) is 19.6 Å². The Balaban J connectivity index is 2.08. The van der Waals surface area contributed by atoms with Gasteiger partial charge in [0.2, 0.25) is 0 Å². The average Bonchev–Trinajstić information content (AvgIpc) is 2.74. The summed E-state index contributed by atoms with van der Waals surface area (Å²) in [4.78, 5) is 14.0. The summed E-state index contributed by atoms with van der Waals surface area (Å²) in [6.45, 7) is 7.57. The van der Waals surface area contributed by atoms with Crippen LogP contribution >= 0.6 is 15.9 Å². The molecule has 1 aliphatic heterocycles. The molecule has 0 radical (unpaired) electrons. The first-order valence-corrected chi connectivity index (χ1v) is 7.88. The van der Waals surface area contributed by atoms with Crippen molar-refractivity contribution in [2.45, 2.75) is 39.8 Å². The summed E-state index contributed by atoms with van der Waals surface area (Å²) >= 11 is 3.62. The van der Waals surface area contributed by atoms with Crippen molar-refractivity contribution in [3.63, 3.8) is 0 Å². The van der Waals surface area contributed by atoms with Crippen LogP contribution in [-0.2, 0) is 22.6 Å². The number of carbonyl (C=O) groups excluding carboxylic acids is 1. The lowest BCUT2D eigenvalue weighted by molar-refractivity contribution is -0.147. The van der Waals surface area contributed by atoms with Crippen LogP contribution in [0, 0.1) is 12.8 Å². The smallest absolute Gasteiger partial charge is 0.309 e. The lowest BCUT2D eigenvalue weighted by Crippen LogP contribution is -2.39. The molecule has 1 fully saturated rings. The van der Waals surface area contributed by atoms with E-state index in [1.807, 2.05) is 11.6 Å². The van der Waals surface area contributed by atoms with Crippen LogP contribution in [0.3, 0.4) is 0 Å². The molecule has 1 aromatic rings. The largest absolute Gasteiger partial charge is 0.469 e. The summed E-state index contributed by atoms with van der Waals surface area (Å²) in [6.07, 6.45) is 1.97. The average molecular weight is 344 g/mol. The van der Waals surface area contributed by atoms with Crippen LogP contribution in [0.4, 0.5) is 0 Å². The lowest BCUT2D eigenvalue weighted by atomic mass is 9.98. The predicted octanol–water partition coefficient (Wildman–Crippen LogP) is 2.36. The molecule has 0 saturated carbocycles. The van der Waals surface area contributed by atoms with E-state index >= 15 is 0 Å². The standard InChI is InChI=1S/C14H22BrN3O2/c1-4-18-12(13(15)10(2)16-18)9-17-7-5-6-11(8-17)14(19)20-3/h11H,4-9H2,1-3H3/t11-/m0/s1. The minimum atomic E-state index is -0.0889. The van der Waals surface area contributed by atoms with Gasteiger partial charge < -0.3 is 4.74 Å². The van der Waals surface area contributed by atoms with Gasteiger partial charge in [-0.2, -0.15) is 5.10 Å². The lowest BCUT2D eigenvalue weighted by Gasteiger charge is -2.31. The Hall–Kier alpha value is -0.880. The predicted molar refractivity (Wildman–Crippen MR) is 80.4 cm³/mol. The van der Waals surface area contributed by atoms with E-state index in [0.29, 0.717) is 0 Å². The summed E-state index contributed by atoms with van der Waals surface area (Å²) in [5.41, 5.74) is 2.21. The fraction of sp³-hybridized carbons (Fsp3) is 0.714. The molecule has 0 aliphatic carbocycles. The Morgan fingerprint density at radius 1 is 1.55 bits per heavy atom. The molecule has 6 heteroatoms. The number of hydrogen-bond acceptors (Lipinski definition) is 4. The van der Waals surface area contributed by atoms with Gasteiger partial charge in [0.15, 0.2) is 0 Å². The number of halogens is 1. The highest BCUT2D eigenvalue weighted by atomic mass is 79.9. The molecule has 1 atom stereocenters. The van der Waals surface area contributed by atoms with E-state index in [0.717, 1.165) is 49.2 Å². The highest BCUT2D eigenvalue weighted by Crippen LogP contribution is 2.25. The zero-order valence-corrected chi connectivity index (χ0v) is 13.9. The van der Waals surface area contributed by atoms with Gasteiger partial charge in [-0.15, -0.1) is 0 Å². The maximum absolute atomic E-state index is 11.7. The quantitative estimate of drug-likeness (QED) is 0.787. The van der Waals surface area contributed by atoms with Crippen LogP contribution in [0.1, 0.15) is 31.2 Å². The Bertz CT molecular complexity index is 487. The summed E-state index contributed by atoms with van der Waals surface area (Å²) in [7, 11) is 1.47. The van der Waals surface area contributed by atoms with Gasteiger partial charge in [-0.25, -0.2) is 0 Å². The number of likely N-dealkylation sites (tertiary alicyclic amines) is 1. The summed E-state index contributed by atoms with van der Waals surface area (Å²) in [5.74, 6) is -0.0828. The minimum absolute atomic E-state index is 0.00613. The van der Waals surface area contributed by atoms with E-state index in [2.05, 4.69) is 32.9 Å². The number of hydrogen-bond donors (Lipinski definition) is 0. The van der Waals surface area contributed by atoms with Crippen LogP contribution in [0.5, 0.6) is 0 Å². The van der Waals surface area contributed by atoms with Gasteiger partial charge in [0.05, 0.1) is 28.9 Å². The summed E-state index contributed by atoms with van der Waals surface area (Å²) < 4.78 is 7.98. The van der Waals surface area contributed by atoms with Crippen LogP contribution in [-0.4, -0.2) is 40.8 Å². The van der Waals surface area contributed by atoms with Gasteiger partial charge >= 0.3 is 5.97 Å². The van der Waals surface area contributed by atoms with E-state index in [4.69, 9.17) is 4.74 Å². The fourth-order valence-corrected chi connectivity index (χ4v) is 3.20. The molecule has 0 N–H and O–H groups in total. The molecule has 1 aliphatic rings. The van der Waals surface area contributed by atoms with Crippen molar-refractivity contribution in [1.29, 1.82) is 0 Å². The minimum Gasteiger partial charge on any atom is -0.469 e. The highest BCUT2D eigenvalue weighted by Gasteiger charge is 2.27. The number of rotatable bonds is 4. The molecule has 0 unspecified atom stereocenters. The summed E-state index contributed by atoms with van der Waals surface area (Å²) in [5, 5.41) is 4.52. The molecular weight excluding hydrogens is 322 g/mol. The third kappa shape index (κ3) is 3.23. The van der Waals surface area contributed by atoms with Gasteiger partial charge in [-0.1, -0.05) is 0 Å². The van der Waals surface area contributed by atoms with Crippen molar-refractivity contribution in [2.75, 3.05) is 20.2 Å². The number of esters is 1. The molecule has 1 saturated heterocycles. The maximum Gasteiger partial charge on any atom is 0.309 e. The number of methoxy groups -OCH3 is 1. The van der Waals surface area contributed by atoms with Crippen molar-refractivity contribution in [3.05, 3.63) is 15.9 Å². The molecule has 0 spiro atoms. The fourth-order valence-electron chi connectivity index (χ4n) is 2.79. The van der Waals surface area contributed by atoms with E-state index in [9.17, 15) is 4.79 Å². The Kier molecular flexibility index (Phi) is 5.21. The van der Waals surface area contributed by atoms with Gasteiger partial charge in [0.1, 0.15) is 0 Å². The molecule has 112 valence electrons. The monoisotopic (exact) mass is 343 g/mol. The van der Waals surface area contributed by atoms with E-state index < -0.39 is 0 Å². The Morgan fingerprint density at radius 2 is 2.30 bits per heavy atom. The zero-order valence-electron chi connectivity index (χ0n) is 12.4. The third-order valence-corrected chi connectivity index (χ3v) is 4.90. The van der Waals surface area contributed by atoms with Crippen molar-refractivity contribution < 1.29 is 9.53 Å². The second-order valence-corrected chi connectivity index (χ2v) is 6.05. The first-order valence-electron chi connectivity index (χ1n) is 7.08. The van der Waals surface area contributed by atoms with Crippen LogP contribution < -0.4 is 0 Å². The van der Waals surface area contributed by atoms with Crippen molar-refractivity contribution in [3.8, 4) is 0 Å². The molecule has 0 bridgehead atoms. The number of ether oxygens (including phenoxy) is 1. The van der Waals surface area contributed by atoms with Crippen LogP contribution in [0.2, 0.25) is 0 Å². The van der Waals surface area contributed by atoms with Crippen LogP contribution in [0.15, 0.2) is 4.47 Å². The maximum atomic E-state index is 11.7. The number of nitrogens with zero attached hydrogens (tertiary/aromatic N) is 3. The third-order valence-electron chi connectivity index (χ3n) is 3.87. The first kappa shape index (κ1) is 15.5. The molecule has 20 heavy (non-hydrogen) atoms. The molecule has 2 rings (SSSR count). The van der Waals surface area contributed by atoms with Crippen LogP contribution in [0.25, 0.3) is 0 Å². The van der Waals surface area contributed by atoms with Gasteiger partial charge in [-0.05, 0) is 49.2 Å². The molecule has 0 amide bonds. The van der Waals surface area contributed by atoms with E-state index in [-0.39, 0.29) is 11.9 Å². The molecular formula is C14H22BrN3O2. The molecule has 5 nitrogen and oxygen atoms in total. The topological polar surface area (TPSA) is 47.4 Å². The van der Waals surface area contributed by atoms with Crippen molar-refractivity contribution in [1.82, 2.24) is 14.7 Å². The molecule has 1 aromatic heterocycles. The van der Waals surface area contributed by atoms with E-state index in [1.54, 1.807) is 0 Å². The number of aryl methyl sites for hydroxylation is 2. The van der Waals surface area contributed by atoms with Gasteiger partial charge in [-0.3, -0.25) is 14.4 Å². The Labute approximate surface area is 128 Å². The first-order chi connectivity index (χ1) is 9.56. The number of aromatic nitrogens is 2. The van der Waals surface area contributed by atoms with Gasteiger partial charge in [0.25, 0.3) is 0 Å². The number of piperidine rings is 1. The Morgan fingerprint density at radius 3 is 2.95 bits per heavy atom. The molecule has 0 aromatic carbocycles.